The third kappa shape index (κ3) is 5.48. The Kier molecular flexibility index (Phi) is 6.51. The molecule has 0 aliphatic rings. The number of benzene rings is 1. The molecule has 0 radical (unpaired) electrons. The van der Waals surface area contributed by atoms with Crippen molar-refractivity contribution in [2.24, 2.45) is 0 Å². The lowest BCUT2D eigenvalue weighted by atomic mass is 10.3. The summed E-state index contributed by atoms with van der Waals surface area (Å²) in [6, 6.07) is 11.9. The molecule has 1 unspecified atom stereocenters. The zero-order valence-corrected chi connectivity index (χ0v) is 16.5. The molecule has 0 bridgehead atoms. The van der Waals surface area contributed by atoms with Crippen LogP contribution in [0.5, 0.6) is 0 Å². The number of ether oxygens (including phenoxy) is 1. The molecule has 0 spiro atoms. The summed E-state index contributed by atoms with van der Waals surface area (Å²) in [4.78, 5) is 41.4. The molecule has 3 aromatic rings. The normalized spacial score (nSPS) is 11.5. The maximum atomic E-state index is 12.1. The number of anilines is 1. The van der Waals surface area contributed by atoms with Gasteiger partial charge in [0.15, 0.2) is 6.10 Å². The molecule has 2 aromatic heterocycles. The van der Waals surface area contributed by atoms with E-state index >= 15 is 0 Å². The zero-order chi connectivity index (χ0) is 19.9. The van der Waals surface area contributed by atoms with E-state index in [1.807, 2.05) is 23.6 Å². The molecule has 3 rings (SSSR count). The molecule has 0 fully saturated rings. The molecule has 1 atom stereocenters. The van der Waals surface area contributed by atoms with Crippen LogP contribution in [0.2, 0.25) is 0 Å². The number of hydrogen-bond acceptors (Lipinski definition) is 7. The van der Waals surface area contributed by atoms with Gasteiger partial charge in [-0.1, -0.05) is 24.3 Å². The highest BCUT2D eigenvalue weighted by atomic mass is 32.1. The molecule has 0 aliphatic heterocycles. The fourth-order valence-electron chi connectivity index (χ4n) is 2.24. The lowest BCUT2D eigenvalue weighted by Gasteiger charge is -2.13. The Morgan fingerprint density at radius 3 is 2.61 bits per heavy atom. The number of carbonyl (C=O) groups excluding carboxylic acids is 3. The molecule has 0 aliphatic carbocycles. The molecule has 7 nitrogen and oxygen atoms in total. The second kappa shape index (κ2) is 9.25. The van der Waals surface area contributed by atoms with Gasteiger partial charge in [-0.2, -0.15) is 0 Å². The van der Waals surface area contributed by atoms with E-state index in [-0.39, 0.29) is 6.42 Å². The van der Waals surface area contributed by atoms with Crippen molar-refractivity contribution in [3.8, 4) is 9.88 Å². The number of nitrogens with zero attached hydrogens (tertiary/aromatic N) is 1. The number of nitrogens with one attached hydrogen (secondary N) is 2. The fourth-order valence-corrected chi connectivity index (χ4v) is 3.87. The summed E-state index contributed by atoms with van der Waals surface area (Å²) in [7, 11) is 0. The molecule has 28 heavy (non-hydrogen) atoms. The van der Waals surface area contributed by atoms with Crippen molar-refractivity contribution in [2.45, 2.75) is 19.4 Å². The molecule has 9 heteroatoms. The Labute approximate surface area is 169 Å². The van der Waals surface area contributed by atoms with E-state index in [9.17, 15) is 14.4 Å². The van der Waals surface area contributed by atoms with Crippen LogP contribution in [-0.4, -0.2) is 29.0 Å². The number of imide groups is 1. The zero-order valence-electron chi connectivity index (χ0n) is 14.9. The number of amides is 3. The highest BCUT2D eigenvalue weighted by molar-refractivity contribution is 7.20. The van der Waals surface area contributed by atoms with Gasteiger partial charge in [-0.3, -0.25) is 14.9 Å². The van der Waals surface area contributed by atoms with E-state index in [1.54, 1.807) is 41.0 Å². The lowest BCUT2D eigenvalue weighted by Crippen LogP contribution is -2.41. The van der Waals surface area contributed by atoms with E-state index in [0.717, 1.165) is 9.88 Å². The third-order valence-corrected chi connectivity index (χ3v) is 5.49. The largest absolute Gasteiger partial charge is 0.452 e. The van der Waals surface area contributed by atoms with Crippen molar-refractivity contribution in [1.29, 1.82) is 0 Å². The summed E-state index contributed by atoms with van der Waals surface area (Å²) in [6.45, 7) is 1.40. The second-order valence-electron chi connectivity index (χ2n) is 5.74. The third-order valence-electron chi connectivity index (χ3n) is 3.56. The first-order chi connectivity index (χ1) is 13.5. The van der Waals surface area contributed by atoms with Crippen molar-refractivity contribution >= 4 is 46.3 Å². The predicted molar refractivity (Wildman–Crippen MR) is 108 cm³/mol. The van der Waals surface area contributed by atoms with Crippen LogP contribution in [0.3, 0.4) is 0 Å². The van der Waals surface area contributed by atoms with Gasteiger partial charge in [0.2, 0.25) is 0 Å². The van der Waals surface area contributed by atoms with Crippen molar-refractivity contribution in [3.63, 3.8) is 0 Å². The first kappa shape index (κ1) is 19.7. The average molecular weight is 415 g/mol. The van der Waals surface area contributed by atoms with Crippen molar-refractivity contribution in [3.05, 3.63) is 58.9 Å². The molecule has 0 saturated heterocycles. The van der Waals surface area contributed by atoms with Crippen LogP contribution < -0.4 is 10.6 Å². The minimum atomic E-state index is -1.11. The summed E-state index contributed by atoms with van der Waals surface area (Å²) in [5.74, 6) is -1.30. The topological polar surface area (TPSA) is 97.4 Å². The van der Waals surface area contributed by atoms with Gasteiger partial charge < -0.3 is 10.1 Å². The SMILES string of the molecule is CC(OC(=O)Cc1csc(-c2cccs2)n1)C(=O)NC(=O)Nc1ccccc1. The minimum absolute atomic E-state index is 0.0459. The molecule has 2 heterocycles. The van der Waals surface area contributed by atoms with E-state index < -0.39 is 24.0 Å². The highest BCUT2D eigenvalue weighted by Crippen LogP contribution is 2.27. The molecule has 0 saturated carbocycles. The Bertz CT molecular complexity index is 955. The van der Waals surface area contributed by atoms with Crippen LogP contribution in [0.1, 0.15) is 12.6 Å². The Morgan fingerprint density at radius 1 is 1.11 bits per heavy atom. The van der Waals surface area contributed by atoms with Crippen molar-refractivity contribution in [2.75, 3.05) is 5.32 Å². The highest BCUT2D eigenvalue weighted by Gasteiger charge is 2.21. The minimum Gasteiger partial charge on any atom is -0.452 e. The number of esters is 1. The predicted octanol–water partition coefficient (Wildman–Crippen LogP) is 3.69. The molecule has 2 N–H and O–H groups in total. The van der Waals surface area contributed by atoms with E-state index in [1.165, 1.54) is 18.3 Å². The smallest absolute Gasteiger partial charge is 0.325 e. The molecule has 144 valence electrons. The first-order valence-corrected chi connectivity index (χ1v) is 10.1. The van der Waals surface area contributed by atoms with Gasteiger partial charge in [0.1, 0.15) is 5.01 Å². The van der Waals surface area contributed by atoms with Crippen LogP contribution in [0.4, 0.5) is 10.5 Å². The molecule has 1 aromatic carbocycles. The van der Waals surface area contributed by atoms with Crippen LogP contribution in [0.25, 0.3) is 9.88 Å². The molecular weight excluding hydrogens is 398 g/mol. The number of rotatable bonds is 6. The van der Waals surface area contributed by atoms with Crippen LogP contribution in [0, 0.1) is 0 Å². The van der Waals surface area contributed by atoms with E-state index in [2.05, 4.69) is 15.6 Å². The standard InChI is InChI=1S/C19H17N3O4S2/c1-12(17(24)22-19(25)21-13-6-3-2-4-7-13)26-16(23)10-14-11-28-18(20-14)15-8-5-9-27-15/h2-9,11-12H,10H2,1H3,(H2,21,22,24,25). The Balaban J connectivity index is 1.47. The van der Waals surface area contributed by atoms with Gasteiger partial charge >= 0.3 is 12.0 Å². The van der Waals surface area contributed by atoms with Crippen LogP contribution in [0.15, 0.2) is 53.2 Å². The number of urea groups is 1. The quantitative estimate of drug-likeness (QED) is 0.599. The second-order valence-corrected chi connectivity index (χ2v) is 7.55. The number of thiazole rings is 1. The summed E-state index contributed by atoms with van der Waals surface area (Å²) >= 11 is 3.01. The average Bonchev–Trinajstić information content (AvgIpc) is 3.33. The van der Waals surface area contributed by atoms with Crippen molar-refractivity contribution in [1.82, 2.24) is 10.3 Å². The maximum absolute atomic E-state index is 12.1. The van der Waals surface area contributed by atoms with Crippen LogP contribution >= 0.6 is 22.7 Å². The summed E-state index contributed by atoms with van der Waals surface area (Å²) in [5.41, 5.74) is 1.12. The molecule has 3 amide bonds. The van der Waals surface area contributed by atoms with Gasteiger partial charge in [0.25, 0.3) is 5.91 Å². The van der Waals surface area contributed by atoms with E-state index in [4.69, 9.17) is 4.74 Å². The summed E-state index contributed by atoms with van der Waals surface area (Å²) in [6.07, 6.45) is -1.15. The summed E-state index contributed by atoms with van der Waals surface area (Å²) < 4.78 is 5.10. The van der Waals surface area contributed by atoms with Gasteiger partial charge in [-0.15, -0.1) is 22.7 Å². The van der Waals surface area contributed by atoms with Gasteiger partial charge in [0.05, 0.1) is 17.0 Å². The summed E-state index contributed by atoms with van der Waals surface area (Å²) in [5, 5.41) is 9.24. The monoisotopic (exact) mass is 415 g/mol. The Morgan fingerprint density at radius 2 is 1.89 bits per heavy atom. The lowest BCUT2D eigenvalue weighted by molar-refractivity contribution is -0.153. The van der Waals surface area contributed by atoms with Gasteiger partial charge in [0, 0.05) is 11.1 Å². The number of aromatic nitrogens is 1. The first-order valence-electron chi connectivity index (χ1n) is 8.36. The van der Waals surface area contributed by atoms with Crippen LogP contribution in [-0.2, 0) is 20.7 Å². The van der Waals surface area contributed by atoms with Gasteiger partial charge in [-0.25, -0.2) is 9.78 Å². The maximum Gasteiger partial charge on any atom is 0.325 e. The molecular formula is C19H17N3O4S2. The fraction of sp³-hybridized carbons (Fsp3) is 0.158. The Hall–Kier alpha value is -3.04. The number of hydrogen-bond donors (Lipinski definition) is 2. The number of carbonyl (C=O) groups is 3. The van der Waals surface area contributed by atoms with E-state index in [0.29, 0.717) is 11.4 Å². The van der Waals surface area contributed by atoms with Crippen molar-refractivity contribution < 1.29 is 19.1 Å². The number of para-hydroxylation sites is 1. The number of thiophene rings is 1. The van der Waals surface area contributed by atoms with Gasteiger partial charge in [-0.05, 0) is 30.5 Å².